The minimum Gasteiger partial charge on any atom is -0.409 e. The normalized spacial score (nSPS) is 11.2. The molecule has 0 aliphatic rings. The number of carbonyl (C=O) groups is 1. The van der Waals surface area contributed by atoms with Crippen LogP contribution in [0.25, 0.3) is 0 Å². The number of nitrogens with two attached hydrogens (primary N) is 1. The van der Waals surface area contributed by atoms with Gasteiger partial charge in [0, 0.05) is 10.0 Å². The Balaban J connectivity index is 2.32. The summed E-state index contributed by atoms with van der Waals surface area (Å²) < 4.78 is 0.779. The summed E-state index contributed by atoms with van der Waals surface area (Å²) in [7, 11) is 0. The number of benzene rings is 2. The van der Waals surface area contributed by atoms with Crippen LogP contribution in [-0.2, 0) is 0 Å². The van der Waals surface area contributed by atoms with E-state index in [9.17, 15) is 4.79 Å². The lowest BCUT2D eigenvalue weighted by atomic mass is 10.1. The number of rotatable bonds is 3. The van der Waals surface area contributed by atoms with Crippen molar-refractivity contribution in [2.45, 2.75) is 0 Å². The van der Waals surface area contributed by atoms with Crippen LogP contribution in [0.3, 0.4) is 0 Å². The highest BCUT2D eigenvalue weighted by Gasteiger charge is 2.14. The number of oxime groups is 1. The van der Waals surface area contributed by atoms with Crippen molar-refractivity contribution in [2.24, 2.45) is 10.9 Å². The van der Waals surface area contributed by atoms with Gasteiger partial charge >= 0.3 is 0 Å². The fourth-order valence-corrected chi connectivity index (χ4v) is 2.49. The molecule has 0 saturated carbocycles. The van der Waals surface area contributed by atoms with Crippen molar-refractivity contribution < 1.29 is 10.0 Å². The van der Waals surface area contributed by atoms with Crippen molar-refractivity contribution in [2.75, 3.05) is 5.32 Å². The van der Waals surface area contributed by atoms with Crippen molar-refractivity contribution in [1.82, 2.24) is 0 Å². The maximum atomic E-state index is 12.3. The standard InChI is InChI=1S/C14H11BrClN3O2/c15-8-5-6-9(11(16)7-8)14(20)18-12-4-2-1-3-10(12)13(17)19-21/h1-7,21H,(H2,17,19)(H,18,20). The van der Waals surface area contributed by atoms with Crippen LogP contribution in [-0.4, -0.2) is 17.0 Å². The van der Waals surface area contributed by atoms with Crippen LogP contribution in [0.2, 0.25) is 5.02 Å². The average molecular weight is 369 g/mol. The highest BCUT2D eigenvalue weighted by molar-refractivity contribution is 9.10. The smallest absolute Gasteiger partial charge is 0.257 e. The van der Waals surface area contributed by atoms with E-state index in [1.807, 2.05) is 0 Å². The Morgan fingerprint density at radius 3 is 2.62 bits per heavy atom. The minimum atomic E-state index is -0.384. The molecule has 108 valence electrons. The monoisotopic (exact) mass is 367 g/mol. The average Bonchev–Trinajstić information content (AvgIpc) is 2.46. The van der Waals surface area contributed by atoms with Gasteiger partial charge in [0.05, 0.1) is 16.3 Å². The van der Waals surface area contributed by atoms with Crippen molar-refractivity contribution >= 4 is 45.0 Å². The largest absolute Gasteiger partial charge is 0.409 e. The number of halogens is 2. The molecule has 2 aromatic rings. The van der Waals surface area contributed by atoms with E-state index >= 15 is 0 Å². The van der Waals surface area contributed by atoms with Crippen LogP contribution < -0.4 is 11.1 Å². The molecule has 0 aliphatic heterocycles. The molecule has 0 radical (unpaired) electrons. The van der Waals surface area contributed by atoms with Gasteiger partial charge in [-0.25, -0.2) is 0 Å². The SMILES string of the molecule is N/C(=N/O)c1ccccc1NC(=O)c1ccc(Br)cc1Cl. The Kier molecular flexibility index (Phi) is 4.82. The van der Waals surface area contributed by atoms with Gasteiger partial charge in [-0.15, -0.1) is 0 Å². The molecule has 1 amide bonds. The zero-order valence-corrected chi connectivity index (χ0v) is 13.0. The van der Waals surface area contributed by atoms with Crippen molar-refractivity contribution in [1.29, 1.82) is 0 Å². The number of hydrogen-bond acceptors (Lipinski definition) is 3. The molecule has 5 nitrogen and oxygen atoms in total. The maximum Gasteiger partial charge on any atom is 0.257 e. The van der Waals surface area contributed by atoms with E-state index < -0.39 is 0 Å². The van der Waals surface area contributed by atoms with Crippen LogP contribution in [0, 0.1) is 0 Å². The third-order valence-electron chi connectivity index (χ3n) is 2.73. The second-order valence-corrected chi connectivity index (χ2v) is 5.43. The first-order chi connectivity index (χ1) is 10.0. The Bertz CT molecular complexity index is 719. The number of nitrogens with one attached hydrogen (secondary N) is 1. The highest BCUT2D eigenvalue weighted by Crippen LogP contribution is 2.23. The summed E-state index contributed by atoms with van der Waals surface area (Å²) >= 11 is 9.32. The molecule has 0 saturated heterocycles. The fourth-order valence-electron chi connectivity index (χ4n) is 1.73. The number of para-hydroxylation sites is 1. The first-order valence-electron chi connectivity index (χ1n) is 5.86. The van der Waals surface area contributed by atoms with Crippen molar-refractivity contribution in [3.63, 3.8) is 0 Å². The molecule has 0 spiro atoms. The van der Waals surface area contributed by atoms with Gasteiger partial charge in [-0.1, -0.05) is 44.8 Å². The van der Waals surface area contributed by atoms with E-state index in [4.69, 9.17) is 22.5 Å². The molecule has 0 aliphatic carbocycles. The van der Waals surface area contributed by atoms with Gasteiger partial charge in [-0.05, 0) is 30.3 Å². The Morgan fingerprint density at radius 1 is 1.24 bits per heavy atom. The number of carbonyl (C=O) groups excluding carboxylic acids is 1. The lowest BCUT2D eigenvalue weighted by Gasteiger charge is -2.11. The summed E-state index contributed by atoms with van der Waals surface area (Å²) in [4.78, 5) is 12.3. The summed E-state index contributed by atoms with van der Waals surface area (Å²) in [6.07, 6.45) is 0. The minimum absolute atomic E-state index is 0.0900. The fraction of sp³-hybridized carbons (Fsp3) is 0. The highest BCUT2D eigenvalue weighted by atomic mass is 79.9. The first-order valence-corrected chi connectivity index (χ1v) is 7.03. The molecule has 4 N–H and O–H groups in total. The quantitative estimate of drug-likeness (QED) is 0.335. The van der Waals surface area contributed by atoms with Gasteiger partial charge in [0.1, 0.15) is 0 Å². The van der Waals surface area contributed by atoms with Gasteiger partial charge in [-0.2, -0.15) is 0 Å². The summed E-state index contributed by atoms with van der Waals surface area (Å²) in [5.74, 6) is -0.474. The predicted octanol–water partition coefficient (Wildman–Crippen LogP) is 3.45. The van der Waals surface area contributed by atoms with Crippen molar-refractivity contribution in [3.05, 3.63) is 63.1 Å². The van der Waals surface area contributed by atoms with E-state index in [0.717, 1.165) is 4.47 Å². The van der Waals surface area contributed by atoms with E-state index in [1.165, 1.54) is 0 Å². The molecule has 0 fully saturated rings. The molecular weight excluding hydrogens is 358 g/mol. The molecular formula is C14H11BrClN3O2. The number of anilines is 1. The van der Waals surface area contributed by atoms with Crippen molar-refractivity contribution in [3.8, 4) is 0 Å². The summed E-state index contributed by atoms with van der Waals surface area (Å²) in [6.45, 7) is 0. The van der Waals surface area contributed by atoms with Crippen LogP contribution in [0.5, 0.6) is 0 Å². The van der Waals surface area contributed by atoms with Gasteiger partial charge in [0.2, 0.25) is 0 Å². The summed E-state index contributed by atoms with van der Waals surface area (Å²) in [6, 6.07) is 11.7. The van der Waals surface area contributed by atoms with Crippen LogP contribution in [0.1, 0.15) is 15.9 Å². The molecule has 21 heavy (non-hydrogen) atoms. The first kappa shape index (κ1) is 15.3. The molecule has 0 bridgehead atoms. The molecule has 0 heterocycles. The van der Waals surface area contributed by atoms with Crippen LogP contribution in [0.4, 0.5) is 5.69 Å². The van der Waals surface area contributed by atoms with Gasteiger partial charge in [0.15, 0.2) is 5.84 Å². The number of nitrogens with zero attached hydrogens (tertiary/aromatic N) is 1. The molecule has 0 atom stereocenters. The van der Waals surface area contributed by atoms with Gasteiger partial charge in [-0.3, -0.25) is 4.79 Å². The zero-order chi connectivity index (χ0) is 15.4. The van der Waals surface area contributed by atoms with E-state index in [-0.39, 0.29) is 11.7 Å². The van der Waals surface area contributed by atoms with E-state index in [2.05, 4.69) is 26.4 Å². The number of amidine groups is 1. The van der Waals surface area contributed by atoms with Gasteiger partial charge < -0.3 is 16.3 Å². The van der Waals surface area contributed by atoms with Gasteiger partial charge in [0.25, 0.3) is 5.91 Å². The topological polar surface area (TPSA) is 87.7 Å². The van der Waals surface area contributed by atoms with Crippen LogP contribution >= 0.6 is 27.5 Å². The summed E-state index contributed by atoms with van der Waals surface area (Å²) in [5, 5.41) is 14.7. The molecule has 7 heteroatoms. The van der Waals surface area contributed by atoms with Crippen LogP contribution in [0.15, 0.2) is 52.1 Å². The Morgan fingerprint density at radius 2 is 1.95 bits per heavy atom. The molecule has 0 aromatic heterocycles. The third-order valence-corrected chi connectivity index (χ3v) is 3.54. The predicted molar refractivity (Wildman–Crippen MR) is 86.1 cm³/mol. The number of hydrogen-bond donors (Lipinski definition) is 3. The second kappa shape index (κ2) is 6.60. The Hall–Kier alpha value is -2.05. The zero-order valence-electron chi connectivity index (χ0n) is 10.7. The molecule has 2 aromatic carbocycles. The molecule has 2 rings (SSSR count). The summed E-state index contributed by atoms with van der Waals surface area (Å²) in [5.41, 5.74) is 6.75. The molecule has 0 unspecified atom stereocenters. The lowest BCUT2D eigenvalue weighted by Crippen LogP contribution is -2.19. The number of amides is 1. The second-order valence-electron chi connectivity index (χ2n) is 4.11. The third kappa shape index (κ3) is 3.53. The maximum absolute atomic E-state index is 12.3. The lowest BCUT2D eigenvalue weighted by molar-refractivity contribution is 0.102. The van der Waals surface area contributed by atoms with E-state index in [1.54, 1.807) is 42.5 Å². The van der Waals surface area contributed by atoms with E-state index in [0.29, 0.717) is 21.8 Å². The Labute approximate surface area is 134 Å².